The number of aliphatic hydroxyl groups is 1. The number of hydrogen-bond donors (Lipinski definition) is 3. The molecule has 0 radical (unpaired) electrons. The minimum Gasteiger partial charge on any atom is -0.497 e. The molecule has 1 aromatic heterocycles. The lowest BCUT2D eigenvalue weighted by Gasteiger charge is -2.22. The zero-order valence-corrected chi connectivity index (χ0v) is 18.0. The largest absolute Gasteiger partial charge is 0.497 e. The third-order valence-electron chi connectivity index (χ3n) is 3.79. The second-order valence-electron chi connectivity index (χ2n) is 6.08. The average molecular weight is 473 g/mol. The van der Waals surface area contributed by atoms with Crippen LogP contribution in [0.15, 0.2) is 45.8 Å². The van der Waals surface area contributed by atoms with Crippen LogP contribution in [0.3, 0.4) is 0 Å². The Morgan fingerprint density at radius 3 is 2.42 bits per heavy atom. The van der Waals surface area contributed by atoms with Crippen molar-refractivity contribution >= 4 is 29.9 Å². The van der Waals surface area contributed by atoms with E-state index in [2.05, 4.69) is 15.6 Å². The summed E-state index contributed by atoms with van der Waals surface area (Å²) >= 11 is 0. The van der Waals surface area contributed by atoms with Crippen LogP contribution in [-0.4, -0.2) is 31.3 Å². The first kappa shape index (κ1) is 22.3. The van der Waals surface area contributed by atoms with Crippen LogP contribution in [0.2, 0.25) is 0 Å². The first-order chi connectivity index (χ1) is 11.9. The van der Waals surface area contributed by atoms with Crippen molar-refractivity contribution in [3.05, 3.63) is 53.5 Å². The van der Waals surface area contributed by atoms with Gasteiger partial charge in [0.05, 0.1) is 20.2 Å². The summed E-state index contributed by atoms with van der Waals surface area (Å²) in [6.07, 6.45) is 0. The first-order valence-corrected chi connectivity index (χ1v) is 8.39. The number of methoxy groups -OCH3 is 1. The van der Waals surface area contributed by atoms with E-state index in [-0.39, 0.29) is 30.5 Å². The van der Waals surface area contributed by atoms with Gasteiger partial charge in [0.25, 0.3) is 0 Å². The van der Waals surface area contributed by atoms with Crippen molar-refractivity contribution < 1.29 is 14.3 Å². The number of hydrogen-bond acceptors (Lipinski definition) is 4. The molecular weight excluding hydrogens is 445 g/mol. The molecule has 0 aliphatic heterocycles. The van der Waals surface area contributed by atoms with Crippen molar-refractivity contribution in [2.24, 2.45) is 4.99 Å². The lowest BCUT2D eigenvalue weighted by molar-refractivity contribution is 0.0378. The highest BCUT2D eigenvalue weighted by Crippen LogP contribution is 2.21. The van der Waals surface area contributed by atoms with Gasteiger partial charge in [0.15, 0.2) is 5.96 Å². The van der Waals surface area contributed by atoms with E-state index in [1.165, 1.54) is 0 Å². The topological polar surface area (TPSA) is 79.0 Å². The maximum Gasteiger partial charge on any atom is 0.191 e. The SMILES string of the molecule is CCNC(=NCc1ccc(OC)cc1)NCC(C)(O)c1ccc(C)o1.I. The van der Waals surface area contributed by atoms with Crippen molar-refractivity contribution in [1.29, 1.82) is 0 Å². The molecule has 0 aliphatic carbocycles. The van der Waals surface area contributed by atoms with Gasteiger partial charge in [-0.05, 0) is 50.6 Å². The number of ether oxygens (including phenoxy) is 1. The normalized spacial score (nSPS) is 13.5. The van der Waals surface area contributed by atoms with E-state index < -0.39 is 5.60 Å². The molecule has 1 atom stereocenters. The predicted octanol–water partition coefficient (Wildman–Crippen LogP) is 3.18. The Balaban J connectivity index is 0.00000338. The average Bonchev–Trinajstić information content (AvgIpc) is 3.05. The summed E-state index contributed by atoms with van der Waals surface area (Å²) in [7, 11) is 1.65. The Bertz CT molecular complexity index is 696. The molecule has 0 bridgehead atoms. The lowest BCUT2D eigenvalue weighted by Crippen LogP contribution is -2.44. The quantitative estimate of drug-likeness (QED) is 0.327. The number of guanidine groups is 1. The standard InChI is InChI=1S/C19H27N3O3.HI/c1-5-20-18(21-12-15-7-9-16(24-4)10-8-15)22-13-19(3,23)17-11-6-14(2)25-17;/h6-11,23H,5,12-13H2,1-4H3,(H2,20,21,22);1H. The Labute approximate surface area is 172 Å². The highest BCUT2D eigenvalue weighted by Gasteiger charge is 2.27. The van der Waals surface area contributed by atoms with Gasteiger partial charge in [-0.3, -0.25) is 0 Å². The van der Waals surface area contributed by atoms with E-state index >= 15 is 0 Å². The van der Waals surface area contributed by atoms with Crippen LogP contribution in [0.25, 0.3) is 0 Å². The molecule has 0 spiro atoms. The van der Waals surface area contributed by atoms with Crippen LogP contribution in [0.4, 0.5) is 0 Å². The highest BCUT2D eigenvalue weighted by molar-refractivity contribution is 14.0. The van der Waals surface area contributed by atoms with E-state index in [1.54, 1.807) is 20.1 Å². The summed E-state index contributed by atoms with van der Waals surface area (Å²) in [4.78, 5) is 4.55. The van der Waals surface area contributed by atoms with Crippen LogP contribution in [0.1, 0.15) is 30.9 Å². The Kier molecular flexibility index (Phi) is 8.94. The minimum atomic E-state index is -1.12. The van der Waals surface area contributed by atoms with Crippen molar-refractivity contribution in [1.82, 2.24) is 10.6 Å². The molecule has 2 rings (SSSR count). The van der Waals surface area contributed by atoms with Gasteiger partial charge in [0.2, 0.25) is 0 Å². The van der Waals surface area contributed by atoms with Crippen molar-refractivity contribution in [3.8, 4) is 5.75 Å². The zero-order valence-electron chi connectivity index (χ0n) is 15.7. The molecule has 1 unspecified atom stereocenters. The fourth-order valence-electron chi connectivity index (χ4n) is 2.31. The zero-order chi connectivity index (χ0) is 18.3. The summed E-state index contributed by atoms with van der Waals surface area (Å²) in [5.41, 5.74) is -0.0451. The van der Waals surface area contributed by atoms with Crippen LogP contribution in [0, 0.1) is 6.92 Å². The smallest absolute Gasteiger partial charge is 0.191 e. The highest BCUT2D eigenvalue weighted by atomic mass is 127. The van der Waals surface area contributed by atoms with E-state index in [0.29, 0.717) is 18.3 Å². The van der Waals surface area contributed by atoms with Gasteiger partial charge >= 0.3 is 0 Å². The van der Waals surface area contributed by atoms with Crippen molar-refractivity contribution in [2.75, 3.05) is 20.2 Å². The second kappa shape index (κ2) is 10.4. The number of nitrogens with zero attached hydrogens (tertiary/aromatic N) is 1. The fourth-order valence-corrected chi connectivity index (χ4v) is 2.31. The molecule has 144 valence electrons. The number of aryl methyl sites for hydroxylation is 1. The molecule has 0 saturated heterocycles. The molecule has 0 saturated carbocycles. The van der Waals surface area contributed by atoms with Gasteiger partial charge in [0, 0.05) is 6.54 Å². The Morgan fingerprint density at radius 2 is 1.88 bits per heavy atom. The number of aliphatic imine (C=N–C) groups is 1. The molecular formula is C19H28IN3O3. The van der Waals surface area contributed by atoms with E-state index in [0.717, 1.165) is 23.6 Å². The van der Waals surface area contributed by atoms with E-state index in [4.69, 9.17) is 9.15 Å². The lowest BCUT2D eigenvalue weighted by atomic mass is 10.0. The summed E-state index contributed by atoms with van der Waals surface area (Å²) in [6, 6.07) is 11.4. The molecule has 7 heteroatoms. The molecule has 3 N–H and O–H groups in total. The number of furan rings is 1. The van der Waals surface area contributed by atoms with Crippen LogP contribution in [-0.2, 0) is 12.1 Å². The number of halogens is 1. The molecule has 0 fully saturated rings. The molecule has 2 aromatic rings. The van der Waals surface area contributed by atoms with Gasteiger partial charge in [-0.25, -0.2) is 4.99 Å². The Hall–Kier alpha value is -1.74. The summed E-state index contributed by atoms with van der Waals surface area (Å²) in [5.74, 6) is 2.77. The van der Waals surface area contributed by atoms with E-state index in [9.17, 15) is 5.11 Å². The Morgan fingerprint density at radius 1 is 1.19 bits per heavy atom. The molecule has 0 aliphatic rings. The van der Waals surface area contributed by atoms with Gasteiger partial charge in [-0.15, -0.1) is 24.0 Å². The van der Waals surface area contributed by atoms with Crippen LogP contribution >= 0.6 is 24.0 Å². The predicted molar refractivity (Wildman–Crippen MR) is 114 cm³/mol. The molecule has 1 heterocycles. The number of rotatable bonds is 7. The molecule has 0 amide bonds. The first-order valence-electron chi connectivity index (χ1n) is 8.39. The molecule has 1 aromatic carbocycles. The molecule has 26 heavy (non-hydrogen) atoms. The second-order valence-corrected chi connectivity index (χ2v) is 6.08. The number of nitrogens with one attached hydrogen (secondary N) is 2. The minimum absolute atomic E-state index is 0. The van der Waals surface area contributed by atoms with Crippen molar-refractivity contribution in [2.45, 2.75) is 32.9 Å². The molecule has 6 nitrogen and oxygen atoms in total. The summed E-state index contributed by atoms with van der Waals surface area (Å²) in [6.45, 7) is 7.11. The third-order valence-corrected chi connectivity index (χ3v) is 3.79. The van der Waals surface area contributed by atoms with Crippen molar-refractivity contribution in [3.63, 3.8) is 0 Å². The maximum absolute atomic E-state index is 10.6. The van der Waals surface area contributed by atoms with Gasteiger partial charge < -0.3 is 24.9 Å². The number of benzene rings is 1. The third kappa shape index (κ3) is 6.53. The summed E-state index contributed by atoms with van der Waals surface area (Å²) in [5, 5.41) is 16.9. The van der Waals surface area contributed by atoms with E-state index in [1.807, 2.05) is 44.2 Å². The van der Waals surface area contributed by atoms with Gasteiger partial charge in [-0.1, -0.05) is 12.1 Å². The fraction of sp³-hybridized carbons (Fsp3) is 0.421. The van der Waals surface area contributed by atoms with Crippen LogP contribution in [0.5, 0.6) is 5.75 Å². The summed E-state index contributed by atoms with van der Waals surface area (Å²) < 4.78 is 10.7. The van der Waals surface area contributed by atoms with Crippen LogP contribution < -0.4 is 15.4 Å². The van der Waals surface area contributed by atoms with Gasteiger partial charge in [-0.2, -0.15) is 0 Å². The monoisotopic (exact) mass is 473 g/mol. The van der Waals surface area contributed by atoms with Gasteiger partial charge in [0.1, 0.15) is 22.9 Å². The maximum atomic E-state index is 10.6.